The highest BCUT2D eigenvalue weighted by atomic mass is 32.2. The van der Waals surface area contributed by atoms with E-state index in [9.17, 15) is 13.5 Å². The molecule has 3 N–H and O–H groups in total. The zero-order chi connectivity index (χ0) is 13.8. The molecule has 1 aromatic carbocycles. The number of nitrogens with two attached hydrogens (primary N) is 1. The molecule has 0 aromatic heterocycles. The average molecular weight is 272 g/mol. The Labute approximate surface area is 108 Å². The minimum absolute atomic E-state index is 0.0268. The van der Waals surface area contributed by atoms with E-state index in [0.29, 0.717) is 12.1 Å². The first-order chi connectivity index (χ1) is 8.30. The summed E-state index contributed by atoms with van der Waals surface area (Å²) in [5.41, 5.74) is 0.676. The number of hydrogen-bond donors (Lipinski definition) is 2. The molecule has 5 nitrogen and oxygen atoms in total. The van der Waals surface area contributed by atoms with Crippen molar-refractivity contribution in [2.45, 2.75) is 20.0 Å². The van der Waals surface area contributed by atoms with Gasteiger partial charge in [-0.3, -0.25) is 0 Å². The van der Waals surface area contributed by atoms with Gasteiger partial charge in [-0.25, -0.2) is 5.14 Å². The third kappa shape index (κ3) is 4.73. The molecular weight excluding hydrogens is 252 g/mol. The van der Waals surface area contributed by atoms with Gasteiger partial charge in [0.2, 0.25) is 0 Å². The van der Waals surface area contributed by atoms with Gasteiger partial charge in [-0.1, -0.05) is 44.2 Å². The van der Waals surface area contributed by atoms with E-state index in [4.69, 9.17) is 5.14 Å². The number of rotatable bonds is 6. The van der Waals surface area contributed by atoms with Crippen molar-refractivity contribution < 1.29 is 13.5 Å². The Kier molecular flexibility index (Phi) is 5.28. The molecule has 0 aliphatic heterocycles. The van der Waals surface area contributed by atoms with Gasteiger partial charge in [-0.05, 0) is 11.5 Å². The summed E-state index contributed by atoms with van der Waals surface area (Å²) in [5.74, 6) is 0.145. The minimum atomic E-state index is -3.79. The lowest BCUT2D eigenvalue weighted by Gasteiger charge is -2.24. The van der Waals surface area contributed by atoms with Crippen molar-refractivity contribution in [2.24, 2.45) is 11.1 Å². The van der Waals surface area contributed by atoms with Crippen LogP contribution < -0.4 is 5.14 Å². The smallest absolute Gasteiger partial charge is 0.277 e. The van der Waals surface area contributed by atoms with Crippen LogP contribution in [0.2, 0.25) is 0 Å². The molecule has 0 aliphatic rings. The van der Waals surface area contributed by atoms with Crippen LogP contribution in [0.15, 0.2) is 30.3 Å². The zero-order valence-electron chi connectivity index (χ0n) is 10.7. The van der Waals surface area contributed by atoms with Crippen molar-refractivity contribution in [1.82, 2.24) is 4.31 Å². The van der Waals surface area contributed by atoms with Crippen molar-refractivity contribution in [3.63, 3.8) is 0 Å². The predicted octanol–water partition coefficient (Wildman–Crippen LogP) is 0.882. The Morgan fingerprint density at radius 2 is 1.78 bits per heavy atom. The van der Waals surface area contributed by atoms with E-state index in [1.807, 2.05) is 19.9 Å². The Hall–Kier alpha value is -0.950. The summed E-state index contributed by atoms with van der Waals surface area (Å²) in [6.45, 7) is 4.06. The summed E-state index contributed by atoms with van der Waals surface area (Å²) in [6, 6.07) is 8.93. The van der Waals surface area contributed by atoms with Crippen molar-refractivity contribution in [2.75, 3.05) is 13.1 Å². The van der Waals surface area contributed by atoms with E-state index in [0.717, 1.165) is 4.31 Å². The zero-order valence-corrected chi connectivity index (χ0v) is 11.5. The molecular formula is C12H20N2O3S. The van der Waals surface area contributed by atoms with E-state index in [-0.39, 0.29) is 12.5 Å². The van der Waals surface area contributed by atoms with Gasteiger partial charge in [0, 0.05) is 13.1 Å². The maximum Gasteiger partial charge on any atom is 0.277 e. The monoisotopic (exact) mass is 272 g/mol. The van der Waals surface area contributed by atoms with E-state index in [2.05, 4.69) is 0 Å². The lowest BCUT2D eigenvalue weighted by molar-refractivity contribution is 0.143. The number of aliphatic hydroxyl groups excluding tert-OH is 1. The lowest BCUT2D eigenvalue weighted by Crippen LogP contribution is -2.41. The molecule has 0 aliphatic carbocycles. The molecule has 18 heavy (non-hydrogen) atoms. The third-order valence-electron chi connectivity index (χ3n) is 2.49. The van der Waals surface area contributed by atoms with Crippen LogP contribution >= 0.6 is 0 Å². The van der Waals surface area contributed by atoms with Crippen LogP contribution in [0.5, 0.6) is 0 Å². The highest BCUT2D eigenvalue weighted by Gasteiger charge is 2.22. The molecule has 6 heteroatoms. The average Bonchev–Trinajstić information content (AvgIpc) is 2.27. The Morgan fingerprint density at radius 3 is 2.22 bits per heavy atom. The van der Waals surface area contributed by atoms with Crippen LogP contribution in [0.1, 0.15) is 25.5 Å². The summed E-state index contributed by atoms with van der Waals surface area (Å²) >= 11 is 0. The molecule has 0 fully saturated rings. The Morgan fingerprint density at radius 1 is 1.22 bits per heavy atom. The second-order valence-electron chi connectivity index (χ2n) is 4.68. The lowest BCUT2D eigenvalue weighted by atomic mass is 10.1. The van der Waals surface area contributed by atoms with Crippen LogP contribution in [0.4, 0.5) is 0 Å². The summed E-state index contributed by atoms with van der Waals surface area (Å²) < 4.78 is 24.0. The Bertz CT molecular complexity index is 459. The van der Waals surface area contributed by atoms with E-state index < -0.39 is 16.3 Å². The SMILES string of the molecule is CC(C)CN(CC(O)c1ccccc1)S(N)(=O)=O. The van der Waals surface area contributed by atoms with Gasteiger partial charge >= 0.3 is 0 Å². The highest BCUT2D eigenvalue weighted by molar-refractivity contribution is 7.86. The molecule has 0 radical (unpaired) electrons. The van der Waals surface area contributed by atoms with E-state index in [1.165, 1.54) is 0 Å². The fourth-order valence-corrected chi connectivity index (χ4v) is 2.52. The largest absolute Gasteiger partial charge is 0.387 e. The van der Waals surface area contributed by atoms with Crippen LogP contribution in [0, 0.1) is 5.92 Å². The maximum absolute atomic E-state index is 11.4. The van der Waals surface area contributed by atoms with Gasteiger partial charge in [-0.15, -0.1) is 0 Å². The van der Waals surface area contributed by atoms with E-state index >= 15 is 0 Å². The van der Waals surface area contributed by atoms with Crippen LogP contribution in [-0.4, -0.2) is 30.9 Å². The minimum Gasteiger partial charge on any atom is -0.387 e. The first-order valence-corrected chi connectivity index (χ1v) is 7.32. The molecule has 0 amide bonds. The number of benzene rings is 1. The number of aliphatic hydroxyl groups is 1. The molecule has 102 valence electrons. The molecule has 1 aromatic rings. The van der Waals surface area contributed by atoms with Crippen LogP contribution in [0.3, 0.4) is 0 Å². The first-order valence-electron chi connectivity index (χ1n) is 5.81. The molecule has 1 unspecified atom stereocenters. The van der Waals surface area contributed by atoms with Gasteiger partial charge in [0.05, 0.1) is 6.10 Å². The summed E-state index contributed by atoms with van der Waals surface area (Å²) in [7, 11) is -3.79. The van der Waals surface area contributed by atoms with Gasteiger partial charge in [0.15, 0.2) is 0 Å². The summed E-state index contributed by atoms with van der Waals surface area (Å²) in [6.07, 6.45) is -0.872. The second kappa shape index (κ2) is 6.29. The van der Waals surface area contributed by atoms with Crippen LogP contribution in [0.25, 0.3) is 0 Å². The number of nitrogens with zero attached hydrogens (tertiary/aromatic N) is 1. The van der Waals surface area contributed by atoms with Gasteiger partial charge in [0.25, 0.3) is 10.2 Å². The molecule has 1 rings (SSSR count). The standard InChI is InChI=1S/C12H20N2O3S/c1-10(2)8-14(18(13,16)17)9-12(15)11-6-4-3-5-7-11/h3-7,10,12,15H,8-9H2,1-2H3,(H2,13,16,17). The first kappa shape index (κ1) is 15.1. The highest BCUT2D eigenvalue weighted by Crippen LogP contribution is 2.15. The number of hydrogen-bond acceptors (Lipinski definition) is 3. The summed E-state index contributed by atoms with van der Waals surface area (Å²) in [4.78, 5) is 0. The Balaban J connectivity index is 2.78. The fraction of sp³-hybridized carbons (Fsp3) is 0.500. The van der Waals surface area contributed by atoms with Crippen molar-refractivity contribution >= 4 is 10.2 Å². The van der Waals surface area contributed by atoms with Gasteiger partial charge in [-0.2, -0.15) is 12.7 Å². The van der Waals surface area contributed by atoms with Crippen molar-refractivity contribution in [3.05, 3.63) is 35.9 Å². The molecule has 0 saturated heterocycles. The van der Waals surface area contributed by atoms with Crippen molar-refractivity contribution in [1.29, 1.82) is 0 Å². The maximum atomic E-state index is 11.4. The molecule has 0 spiro atoms. The van der Waals surface area contributed by atoms with Gasteiger partial charge in [0.1, 0.15) is 0 Å². The second-order valence-corrected chi connectivity index (χ2v) is 6.23. The molecule has 0 saturated carbocycles. The molecule has 0 heterocycles. The van der Waals surface area contributed by atoms with Gasteiger partial charge < -0.3 is 5.11 Å². The van der Waals surface area contributed by atoms with Crippen molar-refractivity contribution in [3.8, 4) is 0 Å². The van der Waals surface area contributed by atoms with Crippen LogP contribution in [-0.2, 0) is 10.2 Å². The topological polar surface area (TPSA) is 83.6 Å². The normalized spacial score (nSPS) is 14.1. The van der Waals surface area contributed by atoms with E-state index in [1.54, 1.807) is 24.3 Å². The fourth-order valence-electron chi connectivity index (χ4n) is 1.66. The summed E-state index contributed by atoms with van der Waals surface area (Å²) in [5, 5.41) is 15.1. The molecule has 0 bridgehead atoms. The predicted molar refractivity (Wildman–Crippen MR) is 70.9 cm³/mol. The third-order valence-corrected chi connectivity index (χ3v) is 3.51. The quantitative estimate of drug-likeness (QED) is 0.806. The molecule has 1 atom stereocenters.